The highest BCUT2D eigenvalue weighted by atomic mass is 35.5. The van der Waals surface area contributed by atoms with E-state index in [0.717, 1.165) is 0 Å². The summed E-state index contributed by atoms with van der Waals surface area (Å²) < 4.78 is 0. The van der Waals surface area contributed by atoms with Crippen LogP contribution in [-0.4, -0.2) is 6.38 Å². The average molecular weight is 113 g/mol. The first-order chi connectivity index (χ1) is 2.41. The van der Waals surface area contributed by atoms with Gasteiger partial charge in [-0.05, 0) is 5.54 Å². The molecule has 0 aliphatic heterocycles. The highest BCUT2D eigenvalue weighted by Gasteiger charge is 1.18. The minimum Gasteiger partial charge on any atom is -0.130 e. The van der Waals surface area contributed by atoms with Gasteiger partial charge in [-0.25, -0.2) is 0 Å². The highest BCUT2D eigenvalue weighted by Crippen LogP contribution is 1.60. The van der Waals surface area contributed by atoms with Crippen LogP contribution in [0.3, 0.4) is 0 Å². The summed E-state index contributed by atoms with van der Waals surface area (Å²) in [5.74, 6) is 0. The minimum absolute atomic E-state index is 1.22. The van der Waals surface area contributed by atoms with Crippen LogP contribution in [0.2, 0.25) is 0 Å². The van der Waals surface area contributed by atoms with Crippen molar-refractivity contribution in [3.05, 3.63) is 12.1 Å². The molecule has 0 atom stereocenters. The lowest BCUT2D eigenvalue weighted by Crippen LogP contribution is -0.926. The van der Waals surface area contributed by atoms with E-state index in [4.69, 9.17) is 11.6 Å². The summed E-state index contributed by atoms with van der Waals surface area (Å²) in [4.78, 5) is 0. The smallest absolute Gasteiger partial charge is 0.0108 e. The van der Waals surface area contributed by atoms with E-state index in [1.165, 1.54) is 11.9 Å². The molecule has 0 rings (SSSR count). The van der Waals surface area contributed by atoms with Gasteiger partial charge in [0, 0.05) is 6.38 Å². The molecule has 0 N–H and O–H groups in total. The largest absolute Gasteiger partial charge is 0.130 e. The SMILES string of the molecule is C=CCl.CCl. The highest BCUT2D eigenvalue weighted by molar-refractivity contribution is 6.25. The molecule has 5 heavy (non-hydrogen) atoms. The molecule has 0 aliphatic rings. The number of alkyl halides is 1. The molecule has 0 spiro atoms. The van der Waals surface area contributed by atoms with E-state index in [9.17, 15) is 0 Å². The monoisotopic (exact) mass is 112 g/mol. The maximum Gasteiger partial charge on any atom is 0.0108 e. The molecule has 0 aliphatic carbocycles. The lowest BCUT2D eigenvalue weighted by atomic mass is 11.3. The topological polar surface area (TPSA) is 0 Å². The Kier molecular flexibility index (Phi) is 49.2. The Balaban J connectivity index is 0. The van der Waals surface area contributed by atoms with Gasteiger partial charge in [0.25, 0.3) is 0 Å². The summed E-state index contributed by atoms with van der Waals surface area (Å²) in [5, 5.41) is 0. The number of halogens is 2. The lowest BCUT2D eigenvalue weighted by molar-refractivity contribution is 2.46. The average Bonchev–Trinajstić information content (AvgIpc) is 1.46. The third-order valence-corrected chi connectivity index (χ3v) is 0. The van der Waals surface area contributed by atoms with Crippen LogP contribution in [0.4, 0.5) is 0 Å². The van der Waals surface area contributed by atoms with Crippen molar-refractivity contribution in [1.82, 2.24) is 0 Å². The van der Waals surface area contributed by atoms with Gasteiger partial charge < -0.3 is 0 Å². The lowest BCUT2D eigenvalue weighted by Gasteiger charge is -1.27. The molecule has 0 aromatic rings. The Bertz CT molecular complexity index is 12.4. The first-order valence-electron chi connectivity index (χ1n) is 1.00. The Labute approximate surface area is 42.4 Å². The van der Waals surface area contributed by atoms with Crippen molar-refractivity contribution in [3.63, 3.8) is 0 Å². The first kappa shape index (κ1) is 9.01. The van der Waals surface area contributed by atoms with Crippen molar-refractivity contribution in [2.45, 2.75) is 0 Å². The zero-order valence-corrected chi connectivity index (χ0v) is 4.55. The van der Waals surface area contributed by atoms with E-state index < -0.39 is 0 Å². The number of rotatable bonds is 0. The summed E-state index contributed by atoms with van der Waals surface area (Å²) in [6.07, 6.45) is 1.47. The van der Waals surface area contributed by atoms with E-state index in [-0.39, 0.29) is 0 Å². The van der Waals surface area contributed by atoms with Gasteiger partial charge in [-0.1, -0.05) is 18.2 Å². The Morgan fingerprint density at radius 2 is 1.60 bits per heavy atom. The minimum atomic E-state index is 1.22. The molecule has 0 aromatic heterocycles. The Hall–Kier alpha value is 0.320. The van der Waals surface area contributed by atoms with Crippen molar-refractivity contribution >= 4 is 23.2 Å². The summed E-state index contributed by atoms with van der Waals surface area (Å²) in [5.41, 5.74) is 1.22. The zero-order valence-electron chi connectivity index (χ0n) is 3.04. The van der Waals surface area contributed by atoms with Crippen LogP contribution in [0.1, 0.15) is 0 Å². The van der Waals surface area contributed by atoms with Crippen LogP contribution in [0.15, 0.2) is 12.1 Å². The molecule has 0 unspecified atom stereocenters. The standard InChI is InChI=1S/C2H3Cl.CH3Cl/c1-2-3;1-2/h2H,1H2;1H3. The molecule has 32 valence electrons. The fourth-order valence-corrected chi connectivity index (χ4v) is 0. The van der Waals surface area contributed by atoms with Crippen LogP contribution in [0.5, 0.6) is 0 Å². The summed E-state index contributed by atoms with van der Waals surface area (Å²) >= 11 is 9.40. The van der Waals surface area contributed by atoms with Crippen LogP contribution in [0.25, 0.3) is 0 Å². The molecular formula is C3H6Cl2. The molecule has 0 nitrogen and oxygen atoms in total. The summed E-state index contributed by atoms with van der Waals surface area (Å²) in [6.45, 7) is 3.13. The first-order valence-corrected chi connectivity index (χ1v) is 2.20. The molecule has 2 heteroatoms. The molecule has 0 heterocycles. The molecule has 0 amide bonds. The van der Waals surface area contributed by atoms with E-state index in [1.54, 1.807) is 0 Å². The van der Waals surface area contributed by atoms with E-state index >= 15 is 0 Å². The van der Waals surface area contributed by atoms with Crippen LogP contribution < -0.4 is 0 Å². The van der Waals surface area contributed by atoms with Gasteiger partial charge in [0.05, 0.1) is 0 Å². The molecular weight excluding hydrogens is 107 g/mol. The predicted octanol–water partition coefficient (Wildman–Crippen LogP) is 2.22. The maximum atomic E-state index is 4.76. The molecule has 0 bridgehead atoms. The van der Waals surface area contributed by atoms with E-state index in [1.807, 2.05) is 0 Å². The predicted molar refractivity (Wildman–Crippen MR) is 27.8 cm³/mol. The van der Waals surface area contributed by atoms with E-state index in [0.29, 0.717) is 0 Å². The van der Waals surface area contributed by atoms with Crippen LogP contribution in [-0.2, 0) is 0 Å². The van der Waals surface area contributed by atoms with Crippen LogP contribution >= 0.6 is 23.2 Å². The molecule has 0 saturated heterocycles. The summed E-state index contributed by atoms with van der Waals surface area (Å²) in [7, 11) is 0. The van der Waals surface area contributed by atoms with Gasteiger partial charge >= 0.3 is 0 Å². The number of hydrogen-bond acceptors (Lipinski definition) is 0. The fraction of sp³-hybridized carbons (Fsp3) is 0.333. The van der Waals surface area contributed by atoms with Crippen molar-refractivity contribution in [2.75, 3.05) is 6.38 Å². The third-order valence-electron chi connectivity index (χ3n) is 0. The zero-order chi connectivity index (χ0) is 4.71. The Morgan fingerprint density at radius 3 is 1.60 bits per heavy atom. The van der Waals surface area contributed by atoms with Crippen molar-refractivity contribution in [1.29, 1.82) is 0 Å². The van der Waals surface area contributed by atoms with Crippen molar-refractivity contribution in [2.24, 2.45) is 0 Å². The van der Waals surface area contributed by atoms with Gasteiger partial charge in [0.2, 0.25) is 0 Å². The second-order valence-corrected chi connectivity index (χ2v) is 0.463. The van der Waals surface area contributed by atoms with Gasteiger partial charge in [-0.3, -0.25) is 0 Å². The van der Waals surface area contributed by atoms with Gasteiger partial charge in [0.1, 0.15) is 0 Å². The van der Waals surface area contributed by atoms with Crippen molar-refractivity contribution in [3.8, 4) is 0 Å². The fourth-order valence-electron chi connectivity index (χ4n) is 0. The molecule has 0 fully saturated rings. The normalized spacial score (nSPS) is 3.80. The third kappa shape index (κ3) is 227. The Morgan fingerprint density at radius 1 is 1.60 bits per heavy atom. The van der Waals surface area contributed by atoms with Gasteiger partial charge in [0.15, 0.2) is 0 Å². The quantitative estimate of drug-likeness (QED) is 0.422. The van der Waals surface area contributed by atoms with Gasteiger partial charge in [-0.2, -0.15) is 0 Å². The maximum absolute atomic E-state index is 4.76. The second kappa shape index (κ2) is 27.3. The van der Waals surface area contributed by atoms with E-state index in [2.05, 4.69) is 18.2 Å². The molecule has 0 aromatic carbocycles. The molecule has 0 radical (unpaired) electrons. The van der Waals surface area contributed by atoms with Crippen molar-refractivity contribution < 1.29 is 0 Å². The summed E-state index contributed by atoms with van der Waals surface area (Å²) in [6, 6.07) is 0. The number of hydrogen-bond donors (Lipinski definition) is 0. The second-order valence-electron chi connectivity index (χ2n) is 0.154. The van der Waals surface area contributed by atoms with Crippen LogP contribution in [0, 0.1) is 0 Å². The van der Waals surface area contributed by atoms with Gasteiger partial charge in [-0.15, -0.1) is 11.6 Å². The molecule has 0 saturated carbocycles.